The Labute approximate surface area is 218 Å². The number of imidazole rings is 1. The van der Waals surface area contributed by atoms with Crippen molar-refractivity contribution in [3.8, 4) is 0 Å². The third-order valence-corrected chi connectivity index (χ3v) is 8.95. The number of amides is 1. The van der Waals surface area contributed by atoms with Crippen molar-refractivity contribution in [2.45, 2.75) is 90.5 Å². The van der Waals surface area contributed by atoms with E-state index in [0.717, 1.165) is 49.4 Å². The van der Waals surface area contributed by atoms with Crippen LogP contribution in [0.4, 0.5) is 16.6 Å². The van der Waals surface area contributed by atoms with Gasteiger partial charge in [-0.1, -0.05) is 26.2 Å². The van der Waals surface area contributed by atoms with Crippen LogP contribution in [0.3, 0.4) is 0 Å². The number of piperazine rings is 1. The van der Waals surface area contributed by atoms with Gasteiger partial charge in [-0.05, 0) is 57.3 Å². The van der Waals surface area contributed by atoms with Crippen molar-refractivity contribution >= 4 is 29.0 Å². The minimum atomic E-state index is -0.608. The topological polar surface area (TPSA) is 121 Å². The number of nitrogens with zero attached hydrogens (tertiary/aromatic N) is 5. The van der Waals surface area contributed by atoms with Gasteiger partial charge in [-0.3, -0.25) is 5.32 Å². The molecule has 11 nitrogen and oxygen atoms in total. The number of nitrogens with one attached hydrogen (secondary N) is 4. The van der Waals surface area contributed by atoms with Crippen molar-refractivity contribution < 1.29 is 9.63 Å². The van der Waals surface area contributed by atoms with E-state index in [1.807, 2.05) is 0 Å². The van der Waals surface area contributed by atoms with E-state index in [-0.39, 0.29) is 0 Å². The van der Waals surface area contributed by atoms with Gasteiger partial charge in [0.1, 0.15) is 5.52 Å². The number of fused-ring (bicyclic) bond motifs is 1. The van der Waals surface area contributed by atoms with Gasteiger partial charge >= 0.3 is 6.09 Å². The molecule has 2 aliphatic heterocycles. The zero-order valence-corrected chi connectivity index (χ0v) is 22.3. The van der Waals surface area contributed by atoms with Gasteiger partial charge in [-0.2, -0.15) is 4.98 Å². The van der Waals surface area contributed by atoms with Gasteiger partial charge in [0, 0.05) is 38.3 Å². The van der Waals surface area contributed by atoms with Crippen LogP contribution in [-0.2, 0) is 11.4 Å². The van der Waals surface area contributed by atoms with E-state index in [1.54, 1.807) is 0 Å². The maximum Gasteiger partial charge on any atom is 0.427 e. The molecule has 2 aliphatic carbocycles. The Morgan fingerprint density at radius 3 is 2.59 bits per heavy atom. The second kappa shape index (κ2) is 10.2. The Bertz CT molecular complexity index is 1120. The van der Waals surface area contributed by atoms with Crippen LogP contribution in [0.5, 0.6) is 0 Å². The summed E-state index contributed by atoms with van der Waals surface area (Å²) in [5, 5.41) is 10.00. The number of hydrogen-bond acceptors (Lipinski definition) is 9. The van der Waals surface area contributed by atoms with E-state index in [2.05, 4.69) is 51.7 Å². The highest BCUT2D eigenvalue weighted by molar-refractivity contribution is 5.86. The second-order valence-corrected chi connectivity index (χ2v) is 11.7. The first kappa shape index (κ1) is 24.7. The molecule has 4 fully saturated rings. The van der Waals surface area contributed by atoms with Crippen LogP contribution in [0.2, 0.25) is 0 Å². The smallest absolute Gasteiger partial charge is 0.365 e. The number of rotatable bonds is 7. The molecule has 2 saturated carbocycles. The summed E-state index contributed by atoms with van der Waals surface area (Å²) in [4.78, 5) is 34.1. The summed E-state index contributed by atoms with van der Waals surface area (Å²) >= 11 is 0. The van der Waals surface area contributed by atoms with Gasteiger partial charge < -0.3 is 24.9 Å². The van der Waals surface area contributed by atoms with Crippen molar-refractivity contribution in [2.24, 2.45) is 17.8 Å². The normalized spacial score (nSPS) is 29.6. The minimum absolute atomic E-state index is 0.294. The Morgan fingerprint density at radius 1 is 1.11 bits per heavy atom. The van der Waals surface area contributed by atoms with Crippen molar-refractivity contribution in [2.75, 3.05) is 29.9 Å². The first-order valence-corrected chi connectivity index (χ1v) is 14.2. The number of anilines is 2. The van der Waals surface area contributed by atoms with E-state index >= 15 is 0 Å². The fourth-order valence-electron chi connectivity index (χ4n) is 6.25. The van der Waals surface area contributed by atoms with E-state index in [1.165, 1.54) is 44.9 Å². The molecule has 0 spiro atoms. The highest BCUT2D eigenvalue weighted by atomic mass is 16.7. The molecule has 6 rings (SSSR count). The summed E-state index contributed by atoms with van der Waals surface area (Å²) in [6, 6.07) is 0.625. The molecule has 4 N–H and O–H groups in total. The van der Waals surface area contributed by atoms with Crippen LogP contribution in [-0.4, -0.2) is 57.3 Å². The molecule has 1 amide bonds. The molecule has 3 atom stereocenters. The predicted molar refractivity (Wildman–Crippen MR) is 142 cm³/mol. The standard InChI is InChI=1S/C26H41N9O2/c1-15-7-9-18(10-8-15)14-35-20-21(28-17(3)19-5-4-6-19)29-23(24-32-26(36)37-33-24)30-22(20)31-25(35)34-12-11-27-13-16(34)2/h15-19,24,27,33H,4-14H2,1-3H3,(H,32,36)(H,28,29,30)/t15?,16-,17-,18?,24?/m1/s1. The van der Waals surface area contributed by atoms with Gasteiger partial charge in [-0.25, -0.2) is 14.8 Å². The van der Waals surface area contributed by atoms with Gasteiger partial charge in [-0.15, -0.1) is 5.48 Å². The molecular formula is C26H41N9O2. The van der Waals surface area contributed by atoms with Crippen LogP contribution in [0.25, 0.3) is 11.2 Å². The van der Waals surface area contributed by atoms with Gasteiger partial charge in [0.2, 0.25) is 5.95 Å². The van der Waals surface area contributed by atoms with E-state index in [0.29, 0.717) is 35.4 Å². The van der Waals surface area contributed by atoms with Crippen LogP contribution >= 0.6 is 0 Å². The van der Waals surface area contributed by atoms with Crippen LogP contribution in [0.15, 0.2) is 0 Å². The van der Waals surface area contributed by atoms with Crippen molar-refractivity contribution in [1.29, 1.82) is 0 Å². The predicted octanol–water partition coefficient (Wildman–Crippen LogP) is 3.29. The average molecular weight is 512 g/mol. The fraction of sp³-hybridized carbons (Fsp3) is 0.769. The highest BCUT2D eigenvalue weighted by Gasteiger charge is 2.33. The van der Waals surface area contributed by atoms with Crippen LogP contribution in [0.1, 0.15) is 77.7 Å². The van der Waals surface area contributed by atoms with Crippen molar-refractivity contribution in [3.05, 3.63) is 5.82 Å². The lowest BCUT2D eigenvalue weighted by molar-refractivity contribution is 0.120. The third kappa shape index (κ3) is 4.95. The molecule has 37 heavy (non-hydrogen) atoms. The molecule has 202 valence electrons. The van der Waals surface area contributed by atoms with Gasteiger partial charge in [0.25, 0.3) is 0 Å². The van der Waals surface area contributed by atoms with Crippen molar-refractivity contribution in [1.82, 2.24) is 35.6 Å². The molecule has 0 bridgehead atoms. The lowest BCUT2D eigenvalue weighted by atomic mass is 9.80. The first-order chi connectivity index (χ1) is 18.0. The molecule has 2 aromatic rings. The lowest BCUT2D eigenvalue weighted by Crippen LogP contribution is -2.51. The second-order valence-electron chi connectivity index (χ2n) is 11.7. The summed E-state index contributed by atoms with van der Waals surface area (Å²) in [5.41, 5.74) is 4.35. The summed E-state index contributed by atoms with van der Waals surface area (Å²) in [6.45, 7) is 10.6. The molecule has 1 unspecified atom stereocenters. The van der Waals surface area contributed by atoms with Gasteiger partial charge in [0.05, 0.1) is 0 Å². The average Bonchev–Trinajstić information content (AvgIpc) is 3.43. The molecule has 2 aromatic heterocycles. The maximum absolute atomic E-state index is 11.7. The largest absolute Gasteiger partial charge is 0.427 e. The number of hydroxylamine groups is 1. The fourth-order valence-corrected chi connectivity index (χ4v) is 6.25. The monoisotopic (exact) mass is 511 g/mol. The van der Waals surface area contributed by atoms with Crippen LogP contribution in [0, 0.1) is 17.8 Å². The third-order valence-electron chi connectivity index (χ3n) is 8.95. The zero-order chi connectivity index (χ0) is 25.5. The quantitative estimate of drug-likeness (QED) is 0.444. The Balaban J connectivity index is 1.44. The summed E-state index contributed by atoms with van der Waals surface area (Å²) in [7, 11) is 0. The number of aromatic nitrogens is 4. The first-order valence-electron chi connectivity index (χ1n) is 14.2. The SMILES string of the molecule is CC1CCC(Cn2c(N3CCNC[C@H]3C)nc3nc(C4NOC(=O)N4)nc(N[C@H](C)C4CCC4)c32)CC1. The molecule has 0 aromatic carbocycles. The molecule has 4 heterocycles. The van der Waals surface area contributed by atoms with E-state index in [4.69, 9.17) is 19.8 Å². The van der Waals surface area contributed by atoms with Crippen molar-refractivity contribution in [3.63, 3.8) is 0 Å². The molecular weight excluding hydrogens is 470 g/mol. The molecule has 0 radical (unpaired) electrons. The Morgan fingerprint density at radius 2 is 1.92 bits per heavy atom. The highest BCUT2D eigenvalue weighted by Crippen LogP contribution is 2.36. The van der Waals surface area contributed by atoms with Crippen LogP contribution < -0.4 is 26.3 Å². The number of hydrogen-bond donors (Lipinski definition) is 4. The lowest BCUT2D eigenvalue weighted by Gasteiger charge is -2.36. The number of carbonyl (C=O) groups is 1. The zero-order valence-electron chi connectivity index (χ0n) is 22.3. The van der Waals surface area contributed by atoms with E-state index < -0.39 is 12.3 Å². The molecule has 11 heteroatoms. The number of carbonyl (C=O) groups excluding carboxylic acids is 1. The summed E-state index contributed by atoms with van der Waals surface area (Å²) in [5.74, 6) is 4.31. The Kier molecular flexibility index (Phi) is 6.83. The molecule has 4 aliphatic rings. The summed E-state index contributed by atoms with van der Waals surface area (Å²) in [6.07, 6.45) is 7.70. The maximum atomic E-state index is 11.7. The Hall–Kier alpha value is -2.66. The molecule has 2 saturated heterocycles. The minimum Gasteiger partial charge on any atom is -0.365 e. The summed E-state index contributed by atoms with van der Waals surface area (Å²) < 4.78 is 2.40. The van der Waals surface area contributed by atoms with E-state index in [9.17, 15) is 4.79 Å². The van der Waals surface area contributed by atoms with Gasteiger partial charge in [0.15, 0.2) is 23.5 Å².